The molecule has 2 atom stereocenters. The number of nitrogens with zero attached hydrogens (tertiary/aromatic N) is 1. The molecule has 1 amide bonds. The fourth-order valence-electron chi connectivity index (χ4n) is 2.91. The van der Waals surface area contributed by atoms with E-state index in [2.05, 4.69) is 0 Å². The van der Waals surface area contributed by atoms with Gasteiger partial charge in [-0.05, 0) is 31.0 Å². The molecule has 1 aromatic carbocycles. The average Bonchev–Trinajstić information content (AvgIpc) is 2.60. The Labute approximate surface area is 141 Å². The molecular formula is C15H23N3O5S. The maximum atomic E-state index is 13.0. The topological polar surface area (TPSA) is 125 Å². The standard InChI is InChI=1S/C15H23N3O5S/c1-22-11-5-6-18(10(7-11)9-16)24(20,21)12-3-4-14(23-2)13(8-12)15(17)19/h3-4,8,10-11H,5-7,9,16H2,1-2H3,(H2,17,19). The number of benzene rings is 1. The Bertz CT molecular complexity index is 707. The first-order chi connectivity index (χ1) is 11.3. The smallest absolute Gasteiger partial charge is 0.252 e. The molecule has 0 saturated carbocycles. The van der Waals surface area contributed by atoms with Gasteiger partial charge >= 0.3 is 0 Å². The number of amides is 1. The van der Waals surface area contributed by atoms with Crippen LogP contribution in [0.4, 0.5) is 0 Å². The third kappa shape index (κ3) is 3.54. The maximum absolute atomic E-state index is 13.0. The van der Waals surface area contributed by atoms with Crippen molar-refractivity contribution in [2.75, 3.05) is 27.3 Å². The number of sulfonamides is 1. The summed E-state index contributed by atoms with van der Waals surface area (Å²) in [5.41, 5.74) is 11.1. The summed E-state index contributed by atoms with van der Waals surface area (Å²) >= 11 is 0. The van der Waals surface area contributed by atoms with Gasteiger partial charge in [0.05, 0.1) is 23.7 Å². The van der Waals surface area contributed by atoms with E-state index >= 15 is 0 Å². The third-order valence-electron chi connectivity index (χ3n) is 4.26. The summed E-state index contributed by atoms with van der Waals surface area (Å²) in [6.07, 6.45) is 1.11. The van der Waals surface area contributed by atoms with Crippen molar-refractivity contribution in [3.63, 3.8) is 0 Å². The van der Waals surface area contributed by atoms with Gasteiger partial charge in [0.15, 0.2) is 0 Å². The summed E-state index contributed by atoms with van der Waals surface area (Å²) in [5.74, 6) is -0.521. The van der Waals surface area contributed by atoms with Crippen LogP contribution < -0.4 is 16.2 Å². The van der Waals surface area contributed by atoms with Crippen molar-refractivity contribution >= 4 is 15.9 Å². The Balaban J connectivity index is 2.39. The zero-order valence-corrected chi connectivity index (χ0v) is 14.6. The van der Waals surface area contributed by atoms with E-state index in [4.69, 9.17) is 20.9 Å². The minimum absolute atomic E-state index is 0.00795. The molecule has 8 nitrogen and oxygen atoms in total. The monoisotopic (exact) mass is 357 g/mol. The van der Waals surface area contributed by atoms with E-state index in [9.17, 15) is 13.2 Å². The quantitative estimate of drug-likeness (QED) is 0.734. The zero-order valence-electron chi connectivity index (χ0n) is 13.8. The van der Waals surface area contributed by atoms with Crippen molar-refractivity contribution in [1.82, 2.24) is 4.31 Å². The molecule has 24 heavy (non-hydrogen) atoms. The van der Waals surface area contributed by atoms with Crippen LogP contribution in [0.3, 0.4) is 0 Å². The van der Waals surface area contributed by atoms with E-state index in [1.54, 1.807) is 7.11 Å². The van der Waals surface area contributed by atoms with Gasteiger partial charge < -0.3 is 20.9 Å². The molecule has 1 aliphatic heterocycles. The van der Waals surface area contributed by atoms with E-state index in [-0.39, 0.29) is 34.9 Å². The molecule has 1 fully saturated rings. The second-order valence-electron chi connectivity index (χ2n) is 5.61. The Hall–Kier alpha value is -1.68. The second-order valence-corrected chi connectivity index (χ2v) is 7.50. The van der Waals surface area contributed by atoms with E-state index in [1.807, 2.05) is 0 Å². The van der Waals surface area contributed by atoms with Gasteiger partial charge in [-0.2, -0.15) is 4.31 Å². The lowest BCUT2D eigenvalue weighted by Crippen LogP contribution is -2.51. The van der Waals surface area contributed by atoms with Crippen LogP contribution in [0.5, 0.6) is 5.75 Å². The number of carbonyl (C=O) groups excluding carboxylic acids is 1. The summed E-state index contributed by atoms with van der Waals surface area (Å²) < 4.78 is 37.7. The van der Waals surface area contributed by atoms with Gasteiger partial charge in [0.25, 0.3) is 5.91 Å². The number of primary amides is 1. The predicted molar refractivity (Wildman–Crippen MR) is 88.3 cm³/mol. The summed E-state index contributed by atoms with van der Waals surface area (Å²) in [6.45, 7) is 0.499. The Morgan fingerprint density at radius 3 is 2.62 bits per heavy atom. The van der Waals surface area contributed by atoms with Gasteiger partial charge in [0.2, 0.25) is 10.0 Å². The predicted octanol–water partition coefficient (Wildman–Crippen LogP) is -0.0791. The first-order valence-electron chi connectivity index (χ1n) is 7.57. The van der Waals surface area contributed by atoms with Crippen LogP contribution in [0, 0.1) is 0 Å². The average molecular weight is 357 g/mol. The molecule has 0 aromatic heterocycles. The Kier molecular flexibility index (Phi) is 5.81. The Morgan fingerprint density at radius 1 is 1.38 bits per heavy atom. The minimum atomic E-state index is -3.80. The van der Waals surface area contributed by atoms with Gasteiger partial charge in [0.1, 0.15) is 5.75 Å². The first kappa shape index (κ1) is 18.7. The number of ether oxygens (including phenoxy) is 2. The molecule has 134 valence electrons. The molecule has 0 aliphatic carbocycles. The second kappa shape index (κ2) is 7.47. The van der Waals surface area contributed by atoms with Crippen molar-refractivity contribution in [3.8, 4) is 5.75 Å². The maximum Gasteiger partial charge on any atom is 0.252 e. The molecule has 4 N–H and O–H groups in total. The summed E-state index contributed by atoms with van der Waals surface area (Å²) in [6, 6.07) is 3.71. The van der Waals surface area contributed by atoms with Gasteiger partial charge in [-0.25, -0.2) is 8.42 Å². The van der Waals surface area contributed by atoms with Crippen molar-refractivity contribution < 1.29 is 22.7 Å². The summed E-state index contributed by atoms with van der Waals surface area (Å²) in [5, 5.41) is 0. The fraction of sp³-hybridized carbons (Fsp3) is 0.533. The van der Waals surface area contributed by atoms with Crippen molar-refractivity contribution in [2.24, 2.45) is 11.5 Å². The zero-order chi connectivity index (χ0) is 17.9. The molecule has 0 bridgehead atoms. The fourth-order valence-corrected chi connectivity index (χ4v) is 4.60. The molecular weight excluding hydrogens is 334 g/mol. The molecule has 9 heteroatoms. The number of methoxy groups -OCH3 is 2. The van der Waals surface area contributed by atoms with Gasteiger partial charge in [-0.1, -0.05) is 0 Å². The lowest BCUT2D eigenvalue weighted by Gasteiger charge is -2.37. The van der Waals surface area contributed by atoms with Crippen molar-refractivity contribution in [2.45, 2.75) is 29.9 Å². The largest absolute Gasteiger partial charge is 0.496 e. The van der Waals surface area contributed by atoms with Crippen LogP contribution >= 0.6 is 0 Å². The third-order valence-corrected chi connectivity index (χ3v) is 6.21. The number of rotatable bonds is 6. The molecule has 2 rings (SSSR count). The SMILES string of the molecule is COc1ccc(S(=O)(=O)N2CCC(OC)CC2CN)cc1C(N)=O. The van der Waals surface area contributed by atoms with Crippen LogP contribution in [0.15, 0.2) is 23.1 Å². The number of hydrogen-bond acceptors (Lipinski definition) is 6. The number of carbonyl (C=O) groups is 1. The van der Waals surface area contributed by atoms with Crippen LogP contribution in [-0.2, 0) is 14.8 Å². The number of nitrogens with two attached hydrogens (primary N) is 2. The molecule has 0 radical (unpaired) electrons. The number of piperidine rings is 1. The van der Waals surface area contributed by atoms with Crippen LogP contribution in [-0.4, -0.2) is 58.1 Å². The highest BCUT2D eigenvalue weighted by Gasteiger charge is 2.36. The van der Waals surface area contributed by atoms with E-state index in [0.717, 1.165) is 0 Å². The van der Waals surface area contributed by atoms with Crippen LogP contribution in [0.1, 0.15) is 23.2 Å². The van der Waals surface area contributed by atoms with E-state index in [0.29, 0.717) is 19.4 Å². The van der Waals surface area contributed by atoms with E-state index < -0.39 is 15.9 Å². The lowest BCUT2D eigenvalue weighted by molar-refractivity contribution is 0.0401. The molecule has 0 spiro atoms. The normalized spacial score (nSPS) is 22.3. The minimum Gasteiger partial charge on any atom is -0.496 e. The molecule has 1 aliphatic rings. The highest BCUT2D eigenvalue weighted by atomic mass is 32.2. The Morgan fingerprint density at radius 2 is 2.08 bits per heavy atom. The molecule has 1 heterocycles. The molecule has 2 unspecified atom stereocenters. The van der Waals surface area contributed by atoms with Crippen molar-refractivity contribution in [1.29, 1.82) is 0 Å². The summed E-state index contributed by atoms with van der Waals surface area (Å²) in [4.78, 5) is 11.5. The van der Waals surface area contributed by atoms with Crippen molar-refractivity contribution in [3.05, 3.63) is 23.8 Å². The molecule has 1 aromatic rings. The highest BCUT2D eigenvalue weighted by molar-refractivity contribution is 7.89. The highest BCUT2D eigenvalue weighted by Crippen LogP contribution is 2.29. The van der Waals surface area contributed by atoms with Gasteiger partial charge in [-0.3, -0.25) is 4.79 Å². The first-order valence-corrected chi connectivity index (χ1v) is 9.01. The van der Waals surface area contributed by atoms with E-state index in [1.165, 1.54) is 29.6 Å². The van der Waals surface area contributed by atoms with Gasteiger partial charge in [-0.15, -0.1) is 0 Å². The van der Waals surface area contributed by atoms with Crippen LogP contribution in [0.25, 0.3) is 0 Å². The van der Waals surface area contributed by atoms with Crippen LogP contribution in [0.2, 0.25) is 0 Å². The van der Waals surface area contributed by atoms with Gasteiger partial charge in [0, 0.05) is 26.2 Å². The molecule has 1 saturated heterocycles. The summed E-state index contributed by atoms with van der Waals surface area (Å²) in [7, 11) is -0.814. The number of hydrogen-bond donors (Lipinski definition) is 2. The lowest BCUT2D eigenvalue weighted by atomic mass is 10.0.